The van der Waals surface area contributed by atoms with E-state index in [1.54, 1.807) is 0 Å². The molecule has 2 aliphatic heterocycles. The number of nitrogens with two attached hydrogens (primary N) is 1. The maximum Gasteiger partial charge on any atom is 0.226 e. The number of likely N-dealkylation sites (tertiary alicyclic amines) is 1. The number of nitrogens with zero attached hydrogens (tertiary/aromatic N) is 3. The minimum atomic E-state index is -0.189. The van der Waals surface area contributed by atoms with E-state index in [1.165, 1.54) is 11.3 Å². The van der Waals surface area contributed by atoms with Crippen LogP contribution in [0.15, 0.2) is 0 Å². The van der Waals surface area contributed by atoms with Crippen molar-refractivity contribution >= 4 is 28.3 Å². The zero-order valence-corrected chi connectivity index (χ0v) is 13.8. The van der Waals surface area contributed by atoms with Crippen LogP contribution < -0.4 is 16.4 Å². The average Bonchev–Trinajstić information content (AvgIpc) is 3.23. The molecule has 1 aromatic heterocycles. The monoisotopic (exact) mass is 338 g/mol. The van der Waals surface area contributed by atoms with Gasteiger partial charge >= 0.3 is 0 Å². The van der Waals surface area contributed by atoms with Gasteiger partial charge in [0, 0.05) is 26.2 Å². The summed E-state index contributed by atoms with van der Waals surface area (Å²) in [6, 6.07) is 0. The van der Waals surface area contributed by atoms with Crippen molar-refractivity contribution in [1.29, 1.82) is 0 Å². The molecule has 0 bridgehead atoms. The van der Waals surface area contributed by atoms with Crippen LogP contribution in [0, 0.1) is 11.8 Å². The van der Waals surface area contributed by atoms with E-state index in [9.17, 15) is 9.59 Å². The van der Waals surface area contributed by atoms with Gasteiger partial charge in [-0.2, -0.15) is 0 Å². The number of aromatic nitrogens is 2. The third-order valence-corrected chi connectivity index (χ3v) is 5.14. The summed E-state index contributed by atoms with van der Waals surface area (Å²) in [6.45, 7) is 3.30. The van der Waals surface area contributed by atoms with Gasteiger partial charge in [-0.05, 0) is 19.3 Å². The lowest BCUT2D eigenvalue weighted by atomic mass is 9.89. The number of hydrogen-bond acceptors (Lipinski definition) is 7. The molecule has 0 aliphatic carbocycles. The number of hydrogen-bond donors (Lipinski definition) is 3. The van der Waals surface area contributed by atoms with E-state index in [2.05, 4.69) is 20.8 Å². The Balaban J connectivity index is 1.50. The molecular formula is C14H22N6O2S. The Morgan fingerprint density at radius 2 is 2.00 bits per heavy atom. The number of amides is 2. The molecule has 2 aliphatic rings. The second kappa shape index (κ2) is 7.22. The molecule has 2 saturated heterocycles. The number of anilines is 1. The van der Waals surface area contributed by atoms with Gasteiger partial charge in [-0.25, -0.2) is 0 Å². The van der Waals surface area contributed by atoms with E-state index in [1.807, 2.05) is 4.90 Å². The van der Waals surface area contributed by atoms with Crippen LogP contribution in [0.5, 0.6) is 0 Å². The van der Waals surface area contributed by atoms with Gasteiger partial charge in [-0.15, -0.1) is 10.2 Å². The summed E-state index contributed by atoms with van der Waals surface area (Å²) >= 11 is 1.26. The summed E-state index contributed by atoms with van der Waals surface area (Å²) in [7, 11) is 0. The molecule has 0 unspecified atom stereocenters. The first-order valence-corrected chi connectivity index (χ1v) is 8.80. The Hall–Kier alpha value is -1.74. The second-order valence-electron chi connectivity index (χ2n) is 6.07. The van der Waals surface area contributed by atoms with Gasteiger partial charge in [-0.3, -0.25) is 9.59 Å². The Labute approximate surface area is 138 Å². The lowest BCUT2D eigenvalue weighted by molar-refractivity contribution is -0.136. The highest BCUT2D eigenvalue weighted by Gasteiger charge is 2.33. The second-order valence-corrected chi connectivity index (χ2v) is 7.17. The van der Waals surface area contributed by atoms with Crippen molar-refractivity contribution in [2.75, 3.05) is 31.9 Å². The first-order valence-electron chi connectivity index (χ1n) is 7.98. The molecule has 2 fully saturated rings. The van der Waals surface area contributed by atoms with Crippen molar-refractivity contribution in [2.24, 2.45) is 11.8 Å². The predicted octanol–water partition coefficient (Wildman–Crippen LogP) is -0.415. The zero-order chi connectivity index (χ0) is 16.2. The van der Waals surface area contributed by atoms with Gasteiger partial charge in [0.15, 0.2) is 0 Å². The zero-order valence-electron chi connectivity index (χ0n) is 13.0. The Bertz CT molecular complexity index is 571. The molecule has 23 heavy (non-hydrogen) atoms. The molecule has 1 aromatic rings. The molecule has 0 aromatic carbocycles. The van der Waals surface area contributed by atoms with Gasteiger partial charge in [0.25, 0.3) is 0 Å². The van der Waals surface area contributed by atoms with Gasteiger partial charge in [0.1, 0.15) is 5.01 Å². The molecule has 0 spiro atoms. The van der Waals surface area contributed by atoms with Crippen LogP contribution in [-0.2, 0) is 16.1 Å². The Morgan fingerprint density at radius 3 is 2.70 bits per heavy atom. The van der Waals surface area contributed by atoms with Crippen LogP contribution in [0.25, 0.3) is 0 Å². The topological polar surface area (TPSA) is 113 Å². The number of carbonyl (C=O) groups is 2. The normalized spacial score (nSPS) is 24.6. The van der Waals surface area contributed by atoms with Crippen LogP contribution in [0.1, 0.15) is 24.3 Å². The highest BCUT2D eigenvalue weighted by molar-refractivity contribution is 7.15. The number of carbonyl (C=O) groups excluding carboxylic acids is 2. The third-order valence-electron chi connectivity index (χ3n) is 4.38. The number of rotatable bonds is 4. The van der Waals surface area contributed by atoms with Gasteiger partial charge < -0.3 is 21.3 Å². The van der Waals surface area contributed by atoms with Crippen LogP contribution >= 0.6 is 11.3 Å². The maximum absolute atomic E-state index is 12.5. The van der Waals surface area contributed by atoms with Crippen LogP contribution in [0.2, 0.25) is 0 Å². The van der Waals surface area contributed by atoms with Gasteiger partial charge in [-0.1, -0.05) is 11.3 Å². The molecule has 126 valence electrons. The largest absolute Gasteiger partial charge is 0.374 e. The van der Waals surface area contributed by atoms with E-state index in [0.717, 1.165) is 25.9 Å². The number of piperidine rings is 1. The fraction of sp³-hybridized carbons (Fsp3) is 0.714. The summed E-state index contributed by atoms with van der Waals surface area (Å²) in [5.74, 6) is -0.157. The number of nitrogens with one attached hydrogen (secondary N) is 2. The third kappa shape index (κ3) is 3.97. The summed E-state index contributed by atoms with van der Waals surface area (Å²) in [5.41, 5.74) is 5.52. The molecule has 9 heteroatoms. The van der Waals surface area contributed by atoms with E-state index in [4.69, 9.17) is 5.73 Å². The molecule has 2 amide bonds. The summed E-state index contributed by atoms with van der Waals surface area (Å²) < 4.78 is 0. The highest BCUT2D eigenvalue weighted by atomic mass is 32.1. The smallest absolute Gasteiger partial charge is 0.226 e. The minimum Gasteiger partial charge on any atom is -0.374 e. The average molecular weight is 338 g/mol. The molecule has 3 rings (SSSR count). The molecule has 2 atom stereocenters. The van der Waals surface area contributed by atoms with E-state index >= 15 is 0 Å². The number of nitrogen functional groups attached to an aromatic ring is 1. The van der Waals surface area contributed by atoms with Crippen molar-refractivity contribution in [1.82, 2.24) is 25.7 Å². The molecule has 8 nitrogen and oxygen atoms in total. The summed E-state index contributed by atoms with van der Waals surface area (Å²) in [6.07, 6.45) is 2.77. The van der Waals surface area contributed by atoms with E-state index in [-0.39, 0.29) is 23.7 Å². The first kappa shape index (κ1) is 16.1. The standard InChI is InChI=1S/C14H22N6O2S/c15-14-19-18-11(23-14)8-17-12(21)9-5-10(7-16-6-9)13(22)20-3-1-2-4-20/h9-10,16H,1-8H2,(H2,15,19)(H,17,21)/t9-,10-/m0/s1. The van der Waals surface area contributed by atoms with E-state index < -0.39 is 0 Å². The maximum atomic E-state index is 12.5. The SMILES string of the molecule is Nc1nnc(CNC(=O)[C@@H]2CNC[C@@H](C(=O)N3CCCC3)C2)s1. The van der Waals surface area contributed by atoms with Gasteiger partial charge in [0.2, 0.25) is 16.9 Å². The predicted molar refractivity (Wildman–Crippen MR) is 86.4 cm³/mol. The van der Waals surface area contributed by atoms with Crippen LogP contribution in [0.3, 0.4) is 0 Å². The molecule has 0 saturated carbocycles. The minimum absolute atomic E-state index is 0.0507. The Kier molecular flexibility index (Phi) is 5.06. The van der Waals surface area contributed by atoms with Crippen molar-refractivity contribution in [3.63, 3.8) is 0 Å². The summed E-state index contributed by atoms with van der Waals surface area (Å²) in [5, 5.41) is 14.8. The lowest BCUT2D eigenvalue weighted by Crippen LogP contribution is -2.48. The van der Waals surface area contributed by atoms with Crippen molar-refractivity contribution in [2.45, 2.75) is 25.8 Å². The Morgan fingerprint density at radius 1 is 1.26 bits per heavy atom. The fourth-order valence-corrected chi connectivity index (χ4v) is 3.72. The fourth-order valence-electron chi connectivity index (χ4n) is 3.17. The van der Waals surface area contributed by atoms with Crippen LogP contribution in [-0.4, -0.2) is 53.1 Å². The molecule has 4 N–H and O–H groups in total. The lowest BCUT2D eigenvalue weighted by Gasteiger charge is -2.31. The summed E-state index contributed by atoms with van der Waals surface area (Å²) in [4.78, 5) is 26.7. The van der Waals surface area contributed by atoms with Gasteiger partial charge in [0.05, 0.1) is 18.4 Å². The van der Waals surface area contributed by atoms with Crippen molar-refractivity contribution in [3.05, 3.63) is 5.01 Å². The highest BCUT2D eigenvalue weighted by Crippen LogP contribution is 2.21. The van der Waals surface area contributed by atoms with E-state index in [0.29, 0.717) is 36.2 Å². The van der Waals surface area contributed by atoms with Crippen LogP contribution in [0.4, 0.5) is 5.13 Å². The molecule has 3 heterocycles. The quantitative estimate of drug-likeness (QED) is 0.687. The first-order chi connectivity index (χ1) is 11.1. The van der Waals surface area contributed by atoms with Crippen molar-refractivity contribution < 1.29 is 9.59 Å². The molecular weight excluding hydrogens is 316 g/mol. The van der Waals surface area contributed by atoms with Crippen molar-refractivity contribution in [3.8, 4) is 0 Å². The molecule has 0 radical (unpaired) electrons.